The number of benzene rings is 1. The van der Waals surface area contributed by atoms with Crippen molar-refractivity contribution in [2.45, 2.75) is 19.9 Å². The van der Waals surface area contributed by atoms with Gasteiger partial charge >= 0.3 is 0 Å². The highest BCUT2D eigenvalue weighted by atomic mass is 79.9. The second kappa shape index (κ2) is 5.28. The van der Waals surface area contributed by atoms with Crippen LogP contribution in [-0.4, -0.2) is 19.0 Å². The van der Waals surface area contributed by atoms with Crippen LogP contribution in [0, 0.1) is 6.92 Å². The van der Waals surface area contributed by atoms with Crippen LogP contribution in [0.1, 0.15) is 12.5 Å². The van der Waals surface area contributed by atoms with Gasteiger partial charge in [0, 0.05) is 10.2 Å². The normalized spacial score (nSPS) is 12.3. The van der Waals surface area contributed by atoms with Crippen molar-refractivity contribution in [3.63, 3.8) is 0 Å². The number of hydrogen-bond donors (Lipinski definition) is 2. The number of aryl methyl sites for hydroxylation is 1. The van der Waals surface area contributed by atoms with Gasteiger partial charge in [-0.3, -0.25) is 4.79 Å². The summed E-state index contributed by atoms with van der Waals surface area (Å²) in [7, 11) is 1.76. The largest absolute Gasteiger partial charge is 0.325 e. The maximum Gasteiger partial charge on any atom is 0.241 e. The van der Waals surface area contributed by atoms with Crippen LogP contribution in [-0.2, 0) is 4.79 Å². The minimum atomic E-state index is -0.186. The number of rotatable bonds is 3. The number of halogens is 1. The van der Waals surface area contributed by atoms with Gasteiger partial charge in [0.1, 0.15) is 0 Å². The van der Waals surface area contributed by atoms with Crippen molar-refractivity contribution in [2.75, 3.05) is 12.4 Å². The molecule has 0 aliphatic carbocycles. The lowest BCUT2D eigenvalue weighted by atomic mass is 10.2. The molecule has 0 bridgehead atoms. The van der Waals surface area contributed by atoms with E-state index < -0.39 is 0 Å². The zero-order valence-electron chi connectivity index (χ0n) is 9.10. The molecule has 0 radical (unpaired) electrons. The van der Waals surface area contributed by atoms with E-state index in [0.717, 1.165) is 15.7 Å². The number of hydrogen-bond acceptors (Lipinski definition) is 2. The Balaban J connectivity index is 2.73. The number of likely N-dealkylation sites (N-methyl/N-ethyl adjacent to an activating group) is 1. The van der Waals surface area contributed by atoms with Gasteiger partial charge in [-0.25, -0.2) is 0 Å². The second-order valence-electron chi connectivity index (χ2n) is 3.46. The number of amides is 1. The molecule has 1 amide bonds. The average molecular weight is 271 g/mol. The first kappa shape index (κ1) is 12.2. The van der Waals surface area contributed by atoms with Gasteiger partial charge in [0.25, 0.3) is 0 Å². The Hall–Kier alpha value is -0.870. The topological polar surface area (TPSA) is 41.1 Å². The molecular formula is C11H15BrN2O. The fraction of sp³-hybridized carbons (Fsp3) is 0.364. The lowest BCUT2D eigenvalue weighted by Gasteiger charge is -2.11. The number of carbonyl (C=O) groups is 1. The van der Waals surface area contributed by atoms with E-state index in [0.29, 0.717) is 0 Å². The highest BCUT2D eigenvalue weighted by Crippen LogP contribution is 2.19. The third-order valence-electron chi connectivity index (χ3n) is 2.25. The summed E-state index contributed by atoms with van der Waals surface area (Å²) >= 11 is 3.41. The Labute approximate surface area is 98.4 Å². The first-order chi connectivity index (χ1) is 7.04. The number of anilines is 1. The van der Waals surface area contributed by atoms with Gasteiger partial charge < -0.3 is 10.6 Å². The molecule has 1 unspecified atom stereocenters. The van der Waals surface area contributed by atoms with Crippen LogP contribution in [0.2, 0.25) is 0 Å². The predicted octanol–water partition coefficient (Wildman–Crippen LogP) is 2.30. The van der Waals surface area contributed by atoms with Crippen LogP contribution in [0.4, 0.5) is 5.69 Å². The SMILES string of the molecule is CNC(C)C(=O)Nc1ccc(Br)c(C)c1. The Kier molecular flexibility index (Phi) is 4.29. The Bertz CT molecular complexity index is 366. The average Bonchev–Trinajstić information content (AvgIpc) is 2.22. The second-order valence-corrected chi connectivity index (χ2v) is 4.32. The monoisotopic (exact) mass is 270 g/mol. The molecule has 1 aromatic carbocycles. The van der Waals surface area contributed by atoms with Gasteiger partial charge in [-0.1, -0.05) is 15.9 Å². The molecule has 1 rings (SSSR count). The van der Waals surface area contributed by atoms with Crippen LogP contribution in [0.25, 0.3) is 0 Å². The molecule has 82 valence electrons. The highest BCUT2D eigenvalue weighted by molar-refractivity contribution is 9.10. The van der Waals surface area contributed by atoms with Crippen LogP contribution in [0.3, 0.4) is 0 Å². The van der Waals surface area contributed by atoms with Crippen molar-refractivity contribution >= 4 is 27.5 Å². The van der Waals surface area contributed by atoms with Crippen LogP contribution >= 0.6 is 15.9 Å². The van der Waals surface area contributed by atoms with Crippen LogP contribution < -0.4 is 10.6 Å². The van der Waals surface area contributed by atoms with E-state index in [2.05, 4.69) is 26.6 Å². The molecule has 0 aliphatic rings. The third-order valence-corrected chi connectivity index (χ3v) is 3.14. The molecule has 3 nitrogen and oxygen atoms in total. The van der Waals surface area contributed by atoms with Crippen molar-refractivity contribution in [1.82, 2.24) is 5.32 Å². The molecule has 0 heterocycles. The third kappa shape index (κ3) is 3.32. The summed E-state index contributed by atoms with van der Waals surface area (Å²) < 4.78 is 1.04. The fourth-order valence-corrected chi connectivity index (χ4v) is 1.35. The van der Waals surface area contributed by atoms with Gasteiger partial charge in [0.05, 0.1) is 6.04 Å². The first-order valence-electron chi connectivity index (χ1n) is 4.79. The molecule has 4 heteroatoms. The van der Waals surface area contributed by atoms with E-state index in [9.17, 15) is 4.79 Å². The molecular weight excluding hydrogens is 256 g/mol. The summed E-state index contributed by atoms with van der Waals surface area (Å²) in [4.78, 5) is 11.6. The lowest BCUT2D eigenvalue weighted by molar-refractivity contribution is -0.117. The van der Waals surface area contributed by atoms with Gasteiger partial charge in [0.15, 0.2) is 0 Å². The Morgan fingerprint density at radius 1 is 1.47 bits per heavy atom. The summed E-state index contributed by atoms with van der Waals surface area (Å²) in [5, 5.41) is 5.73. The van der Waals surface area contributed by atoms with E-state index in [4.69, 9.17) is 0 Å². The number of nitrogens with one attached hydrogen (secondary N) is 2. The van der Waals surface area contributed by atoms with E-state index in [1.807, 2.05) is 32.0 Å². The molecule has 0 saturated carbocycles. The summed E-state index contributed by atoms with van der Waals surface area (Å²) in [5.41, 5.74) is 1.92. The standard InChI is InChI=1S/C11H15BrN2O/c1-7-6-9(4-5-10(7)12)14-11(15)8(2)13-3/h4-6,8,13H,1-3H3,(H,14,15). The smallest absolute Gasteiger partial charge is 0.241 e. The van der Waals surface area contributed by atoms with Gasteiger partial charge in [0.2, 0.25) is 5.91 Å². The lowest BCUT2D eigenvalue weighted by Crippen LogP contribution is -2.35. The van der Waals surface area contributed by atoms with Crippen molar-refractivity contribution in [3.8, 4) is 0 Å². The van der Waals surface area contributed by atoms with Crippen LogP contribution in [0.5, 0.6) is 0 Å². The molecule has 1 atom stereocenters. The summed E-state index contributed by atoms with van der Waals surface area (Å²) in [6.07, 6.45) is 0. The van der Waals surface area contributed by atoms with E-state index in [-0.39, 0.29) is 11.9 Å². The Morgan fingerprint density at radius 3 is 2.67 bits per heavy atom. The molecule has 15 heavy (non-hydrogen) atoms. The van der Waals surface area contributed by atoms with Crippen molar-refractivity contribution in [1.29, 1.82) is 0 Å². The van der Waals surface area contributed by atoms with Crippen LogP contribution in [0.15, 0.2) is 22.7 Å². The summed E-state index contributed by atoms with van der Waals surface area (Å²) in [5.74, 6) is -0.0285. The molecule has 1 aromatic rings. The predicted molar refractivity (Wildman–Crippen MR) is 66.0 cm³/mol. The zero-order chi connectivity index (χ0) is 11.4. The maximum atomic E-state index is 11.6. The maximum absolute atomic E-state index is 11.6. The van der Waals surface area contributed by atoms with Gasteiger partial charge in [-0.15, -0.1) is 0 Å². The fourth-order valence-electron chi connectivity index (χ4n) is 1.10. The molecule has 0 aliphatic heterocycles. The summed E-state index contributed by atoms with van der Waals surface area (Å²) in [6.45, 7) is 3.81. The highest BCUT2D eigenvalue weighted by Gasteiger charge is 2.10. The molecule has 0 spiro atoms. The summed E-state index contributed by atoms with van der Waals surface area (Å²) in [6, 6.07) is 5.55. The molecule has 0 saturated heterocycles. The number of carbonyl (C=O) groups excluding carboxylic acids is 1. The first-order valence-corrected chi connectivity index (χ1v) is 5.58. The molecule has 2 N–H and O–H groups in total. The van der Waals surface area contributed by atoms with Crippen molar-refractivity contribution < 1.29 is 4.79 Å². The molecule has 0 aromatic heterocycles. The van der Waals surface area contributed by atoms with Crippen molar-refractivity contribution in [2.24, 2.45) is 0 Å². The zero-order valence-corrected chi connectivity index (χ0v) is 10.7. The van der Waals surface area contributed by atoms with Crippen molar-refractivity contribution in [3.05, 3.63) is 28.2 Å². The minimum absolute atomic E-state index is 0.0285. The molecule has 0 fully saturated rings. The quantitative estimate of drug-likeness (QED) is 0.885. The van der Waals surface area contributed by atoms with E-state index in [1.54, 1.807) is 7.05 Å². The van der Waals surface area contributed by atoms with Gasteiger partial charge in [-0.05, 0) is 44.7 Å². The van der Waals surface area contributed by atoms with Gasteiger partial charge in [-0.2, -0.15) is 0 Å². The van der Waals surface area contributed by atoms with E-state index >= 15 is 0 Å². The Morgan fingerprint density at radius 2 is 2.13 bits per heavy atom. The van der Waals surface area contributed by atoms with E-state index in [1.165, 1.54) is 0 Å². The minimum Gasteiger partial charge on any atom is -0.325 e.